The van der Waals surface area contributed by atoms with E-state index in [1.54, 1.807) is 49.1 Å². The van der Waals surface area contributed by atoms with Gasteiger partial charge in [-0.15, -0.1) is 0 Å². The topological polar surface area (TPSA) is 79.0 Å². The number of ether oxygens (including phenoxy) is 1. The van der Waals surface area contributed by atoms with Crippen LogP contribution in [0.5, 0.6) is 0 Å². The Balaban J connectivity index is 1.41. The van der Waals surface area contributed by atoms with E-state index in [9.17, 15) is 18.8 Å². The van der Waals surface area contributed by atoms with Crippen LogP contribution in [0.2, 0.25) is 0 Å². The monoisotopic (exact) mass is 549 g/mol. The summed E-state index contributed by atoms with van der Waals surface area (Å²) < 4.78 is 20.0. The van der Waals surface area contributed by atoms with Gasteiger partial charge in [0, 0.05) is 42.7 Å². The second-order valence-corrected chi connectivity index (χ2v) is 10.7. The molecule has 0 radical (unpaired) electrons. The van der Waals surface area contributed by atoms with Gasteiger partial charge in [0.25, 0.3) is 5.91 Å². The molecule has 0 saturated carbocycles. The van der Waals surface area contributed by atoms with Crippen molar-refractivity contribution >= 4 is 17.8 Å². The number of esters is 1. The van der Waals surface area contributed by atoms with E-state index < -0.39 is 17.7 Å². The highest BCUT2D eigenvalue weighted by Gasteiger charge is 2.38. The number of benzene rings is 2. The van der Waals surface area contributed by atoms with Crippen LogP contribution in [0.1, 0.15) is 80.3 Å². The smallest absolute Gasteiger partial charge is 0.336 e. The first-order valence-corrected chi connectivity index (χ1v) is 14.3. The number of nitrogens with one attached hydrogen (secondary N) is 1. The number of halogens is 1. The minimum absolute atomic E-state index is 0.0386. The molecule has 214 valence electrons. The van der Waals surface area contributed by atoms with Crippen molar-refractivity contribution in [1.82, 2.24) is 15.1 Å². The second-order valence-electron chi connectivity index (χ2n) is 10.7. The van der Waals surface area contributed by atoms with E-state index >= 15 is 0 Å². The molecule has 2 heterocycles. The third kappa shape index (κ3) is 6.97. The minimum Gasteiger partial charge on any atom is -0.463 e. The van der Waals surface area contributed by atoms with Crippen LogP contribution in [0.15, 0.2) is 59.8 Å². The molecule has 40 heavy (non-hydrogen) atoms. The lowest BCUT2D eigenvalue weighted by molar-refractivity contribution is -0.140. The molecule has 2 aliphatic heterocycles. The number of carbonyl (C=O) groups is 3. The molecule has 0 spiro atoms. The maximum absolute atomic E-state index is 14.7. The second kappa shape index (κ2) is 13.7. The Labute approximate surface area is 236 Å². The molecule has 2 aromatic carbocycles. The van der Waals surface area contributed by atoms with Gasteiger partial charge in [0.1, 0.15) is 5.82 Å². The molecule has 7 nitrogen and oxygen atoms in total. The van der Waals surface area contributed by atoms with E-state index in [-0.39, 0.29) is 31.4 Å². The number of amides is 2. The Morgan fingerprint density at radius 1 is 1.10 bits per heavy atom. The molecular formula is C32H40FN3O4. The molecule has 2 aromatic rings. The number of hydrogen-bond acceptors (Lipinski definition) is 5. The zero-order valence-electron chi connectivity index (χ0n) is 23.7. The zero-order valence-corrected chi connectivity index (χ0v) is 23.7. The van der Waals surface area contributed by atoms with Crippen molar-refractivity contribution in [3.05, 3.63) is 82.3 Å². The molecule has 2 aliphatic rings. The van der Waals surface area contributed by atoms with E-state index in [4.69, 9.17) is 4.74 Å². The molecule has 2 unspecified atom stereocenters. The van der Waals surface area contributed by atoms with Gasteiger partial charge in [-0.25, -0.2) is 9.18 Å². The maximum atomic E-state index is 14.7. The van der Waals surface area contributed by atoms with E-state index in [0.29, 0.717) is 35.0 Å². The highest BCUT2D eigenvalue weighted by molar-refractivity contribution is 5.96. The standard InChI is InChI=1S/C32H40FN3O4/c1-4-40-32(39)30-23(3)36(29(37)20-27(30)26-11-5-6-12-28(26)33)21-24-13-15-25(16-14-24)31(38)34-17-9-19-35-18-8-7-10-22(35)2/h5-6,11-16,22,27H,4,7-10,17-21H2,1-3H3,(H,34,38). The summed E-state index contributed by atoms with van der Waals surface area (Å²) in [7, 11) is 0. The number of nitrogens with zero attached hydrogens (tertiary/aromatic N) is 2. The van der Waals surface area contributed by atoms with E-state index in [1.807, 2.05) is 12.1 Å². The van der Waals surface area contributed by atoms with Crippen LogP contribution < -0.4 is 5.32 Å². The molecule has 2 atom stereocenters. The van der Waals surface area contributed by atoms with Gasteiger partial charge in [-0.05, 0) is 75.9 Å². The molecule has 1 N–H and O–H groups in total. The molecule has 1 saturated heterocycles. The van der Waals surface area contributed by atoms with Crippen LogP contribution in [0.3, 0.4) is 0 Å². The summed E-state index contributed by atoms with van der Waals surface area (Å²) in [4.78, 5) is 42.9. The fourth-order valence-electron chi connectivity index (χ4n) is 5.72. The Hall–Kier alpha value is -3.52. The third-order valence-electron chi connectivity index (χ3n) is 8.00. The van der Waals surface area contributed by atoms with Crippen LogP contribution in [-0.2, 0) is 20.9 Å². The van der Waals surface area contributed by atoms with Crippen LogP contribution in [-0.4, -0.2) is 59.9 Å². The highest BCUT2D eigenvalue weighted by Crippen LogP contribution is 2.38. The quantitative estimate of drug-likeness (QED) is 0.327. The Morgan fingerprint density at radius 3 is 2.55 bits per heavy atom. The van der Waals surface area contributed by atoms with E-state index in [2.05, 4.69) is 17.1 Å². The van der Waals surface area contributed by atoms with Crippen LogP contribution >= 0.6 is 0 Å². The SMILES string of the molecule is CCOC(=O)C1=C(C)N(Cc2ccc(C(=O)NCCCN3CCCCC3C)cc2)C(=O)CC1c1ccccc1F. The van der Waals surface area contributed by atoms with Crippen molar-refractivity contribution in [1.29, 1.82) is 0 Å². The van der Waals surface area contributed by atoms with Crippen molar-refractivity contribution in [2.75, 3.05) is 26.2 Å². The maximum Gasteiger partial charge on any atom is 0.336 e. The van der Waals surface area contributed by atoms with Crippen molar-refractivity contribution in [2.45, 2.75) is 71.4 Å². The minimum atomic E-state index is -0.715. The molecular weight excluding hydrogens is 509 g/mol. The number of hydrogen-bond donors (Lipinski definition) is 1. The van der Waals surface area contributed by atoms with Gasteiger partial charge in [0.05, 0.1) is 18.7 Å². The van der Waals surface area contributed by atoms with Gasteiger partial charge in [0.15, 0.2) is 0 Å². The van der Waals surface area contributed by atoms with Crippen LogP contribution in [0, 0.1) is 5.82 Å². The van der Waals surface area contributed by atoms with Gasteiger partial charge in [-0.3, -0.25) is 9.59 Å². The van der Waals surface area contributed by atoms with E-state index in [0.717, 1.165) is 25.1 Å². The molecule has 0 aliphatic carbocycles. The Kier molecular flexibility index (Phi) is 10.1. The van der Waals surface area contributed by atoms with Gasteiger partial charge in [-0.2, -0.15) is 0 Å². The summed E-state index contributed by atoms with van der Waals surface area (Å²) in [6, 6.07) is 14.0. The average Bonchev–Trinajstić information content (AvgIpc) is 2.94. The Bertz CT molecular complexity index is 1240. The van der Waals surface area contributed by atoms with Crippen molar-refractivity contribution in [3.63, 3.8) is 0 Å². The Morgan fingerprint density at radius 2 is 1.85 bits per heavy atom. The summed E-state index contributed by atoms with van der Waals surface area (Å²) in [5.74, 6) is -2.05. The predicted molar refractivity (Wildman–Crippen MR) is 152 cm³/mol. The highest BCUT2D eigenvalue weighted by atomic mass is 19.1. The zero-order chi connectivity index (χ0) is 28.6. The first-order valence-electron chi connectivity index (χ1n) is 14.3. The first-order chi connectivity index (χ1) is 19.3. The van der Waals surface area contributed by atoms with Gasteiger partial charge in [0.2, 0.25) is 5.91 Å². The van der Waals surface area contributed by atoms with Crippen molar-refractivity contribution < 1.29 is 23.5 Å². The summed E-state index contributed by atoms with van der Waals surface area (Å²) in [6.07, 6.45) is 4.66. The first kappa shape index (κ1) is 29.5. The molecule has 2 amide bonds. The van der Waals surface area contributed by atoms with E-state index in [1.165, 1.54) is 25.3 Å². The van der Waals surface area contributed by atoms with Crippen molar-refractivity contribution in [3.8, 4) is 0 Å². The molecule has 0 bridgehead atoms. The van der Waals surface area contributed by atoms with Gasteiger partial charge in [-0.1, -0.05) is 36.8 Å². The summed E-state index contributed by atoms with van der Waals surface area (Å²) >= 11 is 0. The molecule has 4 rings (SSSR count). The van der Waals surface area contributed by atoms with Crippen LogP contribution in [0.4, 0.5) is 4.39 Å². The lowest BCUT2D eigenvalue weighted by Gasteiger charge is -2.34. The summed E-state index contributed by atoms with van der Waals surface area (Å²) in [5.41, 5.74) is 2.42. The average molecular weight is 550 g/mol. The number of rotatable bonds is 10. The summed E-state index contributed by atoms with van der Waals surface area (Å²) in [5, 5.41) is 3.00. The molecule has 8 heteroatoms. The normalized spacial score (nSPS) is 20.0. The number of carbonyl (C=O) groups excluding carboxylic acids is 3. The lowest BCUT2D eigenvalue weighted by Crippen LogP contribution is -2.39. The number of likely N-dealkylation sites (tertiary alicyclic amines) is 1. The third-order valence-corrected chi connectivity index (χ3v) is 8.00. The molecule has 1 fully saturated rings. The summed E-state index contributed by atoms with van der Waals surface area (Å²) in [6.45, 7) is 8.83. The predicted octanol–water partition coefficient (Wildman–Crippen LogP) is 5.17. The van der Waals surface area contributed by atoms with Gasteiger partial charge < -0.3 is 19.9 Å². The lowest BCUT2D eigenvalue weighted by atomic mass is 9.83. The molecule has 0 aromatic heterocycles. The fraction of sp³-hybridized carbons (Fsp3) is 0.469. The van der Waals surface area contributed by atoms with Crippen molar-refractivity contribution in [2.24, 2.45) is 0 Å². The number of piperidine rings is 1. The largest absolute Gasteiger partial charge is 0.463 e. The van der Waals surface area contributed by atoms with Crippen LogP contribution in [0.25, 0.3) is 0 Å². The fourth-order valence-corrected chi connectivity index (χ4v) is 5.72. The van der Waals surface area contributed by atoms with Gasteiger partial charge >= 0.3 is 5.97 Å². The number of allylic oxidation sites excluding steroid dienone is 1.